The average Bonchev–Trinajstić information content (AvgIpc) is 3.65. The van der Waals surface area contributed by atoms with E-state index in [4.69, 9.17) is 0 Å². The molecule has 0 radical (unpaired) electrons. The molecule has 4 heterocycles. The van der Waals surface area contributed by atoms with Gasteiger partial charge >= 0.3 is 6.85 Å². The lowest BCUT2D eigenvalue weighted by Crippen LogP contribution is -2.60. The van der Waals surface area contributed by atoms with E-state index >= 15 is 0 Å². The maximum atomic E-state index is 2.75. The second kappa shape index (κ2) is 9.50. The van der Waals surface area contributed by atoms with Gasteiger partial charge in [-0.3, -0.25) is 0 Å². The summed E-state index contributed by atoms with van der Waals surface area (Å²) in [6.07, 6.45) is 2.41. The van der Waals surface area contributed by atoms with Gasteiger partial charge in [-0.25, -0.2) is 0 Å². The van der Waals surface area contributed by atoms with Gasteiger partial charge in [0.2, 0.25) is 0 Å². The zero-order valence-electron chi connectivity index (χ0n) is 29.6. The molecule has 2 aliphatic heterocycles. The zero-order chi connectivity index (χ0) is 33.8. The van der Waals surface area contributed by atoms with Crippen LogP contribution in [0.4, 0.5) is 11.4 Å². The molecule has 0 fully saturated rings. The van der Waals surface area contributed by atoms with E-state index < -0.39 is 0 Å². The minimum atomic E-state index is 0.0388. The van der Waals surface area contributed by atoms with Crippen LogP contribution >= 0.6 is 11.3 Å². The van der Waals surface area contributed by atoms with Crippen molar-refractivity contribution in [3.05, 3.63) is 125 Å². The molecule has 0 spiro atoms. The molecule has 6 aromatic carbocycles. The molecule has 0 unspecified atom stereocenters. The molecule has 1 aliphatic carbocycles. The summed E-state index contributed by atoms with van der Waals surface area (Å²) in [5.74, 6) is 0. The van der Waals surface area contributed by atoms with Crippen LogP contribution in [-0.4, -0.2) is 11.4 Å². The molecule has 8 aromatic rings. The molecule has 2 aromatic heterocycles. The van der Waals surface area contributed by atoms with E-state index in [0.29, 0.717) is 0 Å². The molecular formula is C46H39BN2S. The van der Waals surface area contributed by atoms with Crippen LogP contribution in [0, 0.1) is 13.8 Å². The van der Waals surface area contributed by atoms with E-state index in [-0.39, 0.29) is 17.7 Å². The number of aryl methyl sites for hydroxylation is 2. The fraction of sp³-hybridized carbons (Fsp3) is 0.217. The number of rotatable bonds is 1. The van der Waals surface area contributed by atoms with Crippen LogP contribution < -0.4 is 15.7 Å². The Morgan fingerprint density at radius 2 is 1.36 bits per heavy atom. The van der Waals surface area contributed by atoms with Crippen molar-refractivity contribution in [2.24, 2.45) is 0 Å². The van der Waals surface area contributed by atoms with Gasteiger partial charge in [-0.1, -0.05) is 100 Å². The fourth-order valence-corrected chi connectivity index (χ4v) is 11.3. The van der Waals surface area contributed by atoms with E-state index in [0.717, 1.165) is 0 Å². The number of para-hydroxylation sites is 2. The van der Waals surface area contributed by atoms with Crippen molar-refractivity contribution < 1.29 is 0 Å². The van der Waals surface area contributed by atoms with Gasteiger partial charge in [-0.15, -0.1) is 11.3 Å². The lowest BCUT2D eigenvalue weighted by molar-refractivity contribution is 0.332. The van der Waals surface area contributed by atoms with Crippen LogP contribution in [0.15, 0.2) is 103 Å². The summed E-state index contributed by atoms with van der Waals surface area (Å²) in [5, 5.41) is 5.36. The molecule has 0 saturated heterocycles. The number of thiophene rings is 1. The van der Waals surface area contributed by atoms with Gasteiger partial charge in [-0.05, 0) is 107 Å². The van der Waals surface area contributed by atoms with E-state index in [2.05, 4.69) is 154 Å². The number of hydrogen-bond donors (Lipinski definition) is 0. The minimum Gasteiger partial charge on any atom is -0.376 e. The van der Waals surface area contributed by atoms with Crippen molar-refractivity contribution in [3.8, 4) is 16.8 Å². The first-order chi connectivity index (χ1) is 24.1. The summed E-state index contributed by atoms with van der Waals surface area (Å²) < 4.78 is 5.32. The van der Waals surface area contributed by atoms with Gasteiger partial charge in [0.15, 0.2) is 0 Å². The largest absolute Gasteiger partial charge is 0.376 e. The summed E-state index contributed by atoms with van der Waals surface area (Å²) in [6, 6.07) is 39.9. The summed E-state index contributed by atoms with van der Waals surface area (Å²) >= 11 is 1.95. The van der Waals surface area contributed by atoms with Crippen molar-refractivity contribution in [2.75, 3.05) is 4.81 Å². The van der Waals surface area contributed by atoms with Crippen LogP contribution in [0.3, 0.4) is 0 Å². The topological polar surface area (TPSA) is 8.17 Å². The van der Waals surface area contributed by atoms with Crippen molar-refractivity contribution in [1.82, 2.24) is 4.57 Å². The predicted molar refractivity (Wildman–Crippen MR) is 217 cm³/mol. The number of anilines is 2. The van der Waals surface area contributed by atoms with Crippen LogP contribution in [-0.2, 0) is 10.8 Å². The van der Waals surface area contributed by atoms with E-state index in [9.17, 15) is 0 Å². The Morgan fingerprint density at radius 3 is 2.18 bits per heavy atom. The molecule has 4 heteroatoms. The quantitative estimate of drug-likeness (QED) is 0.159. The summed E-state index contributed by atoms with van der Waals surface area (Å²) in [4.78, 5) is 2.75. The van der Waals surface area contributed by atoms with Gasteiger partial charge in [-0.2, -0.15) is 0 Å². The zero-order valence-corrected chi connectivity index (χ0v) is 30.4. The Bertz CT molecular complexity index is 2810. The highest BCUT2D eigenvalue weighted by molar-refractivity contribution is 7.26. The molecule has 50 heavy (non-hydrogen) atoms. The average molecular weight is 663 g/mol. The Balaban J connectivity index is 1.33. The minimum absolute atomic E-state index is 0.0388. The van der Waals surface area contributed by atoms with Gasteiger partial charge in [0.1, 0.15) is 0 Å². The monoisotopic (exact) mass is 662 g/mol. The third-order valence-corrected chi connectivity index (χ3v) is 13.8. The van der Waals surface area contributed by atoms with Crippen LogP contribution in [0.2, 0.25) is 0 Å². The molecular weight excluding hydrogens is 623 g/mol. The highest BCUT2D eigenvalue weighted by Crippen LogP contribution is 2.53. The molecule has 11 rings (SSSR count). The molecule has 3 aliphatic rings. The Hall–Kier alpha value is -4.80. The molecule has 2 nitrogen and oxygen atoms in total. The van der Waals surface area contributed by atoms with Crippen LogP contribution in [0.5, 0.6) is 0 Å². The molecule has 242 valence electrons. The first-order valence-electron chi connectivity index (χ1n) is 18.2. The fourth-order valence-electron chi connectivity index (χ4n) is 10.0. The van der Waals surface area contributed by atoms with Gasteiger partial charge in [0, 0.05) is 53.6 Å². The predicted octanol–water partition coefficient (Wildman–Crippen LogP) is 11.4. The lowest BCUT2D eigenvalue weighted by Gasteiger charge is -2.46. The Labute approximate surface area is 298 Å². The molecule has 0 bridgehead atoms. The Kier molecular flexibility index (Phi) is 5.51. The normalized spacial score (nSPS) is 16.7. The standard InChI is InChI=1S/C46H39BN2S/c1-26-22-32-41-37(19-18-31-29-13-8-10-17-40(29)50-44(31)41)49(38-25-34-33(24-27(38)2)45(3,4)20-21-46(34,5)6)47-35-15-11-14-30-28-12-7-9-16-36(28)48(43(30)35)39(23-26)42(32)47/h7-19,22-25H,20-21H2,1-6H3. The number of fused-ring (bicyclic) bond motifs is 12. The number of nitrogens with zero attached hydrogens (tertiary/aromatic N) is 2. The molecule has 0 saturated carbocycles. The number of benzene rings is 6. The second-order valence-corrected chi connectivity index (χ2v) is 17.6. The maximum absolute atomic E-state index is 2.75. The van der Waals surface area contributed by atoms with Crippen molar-refractivity contribution in [2.45, 2.75) is 65.2 Å². The second-order valence-electron chi connectivity index (χ2n) is 16.5. The summed E-state index contributed by atoms with van der Waals surface area (Å²) in [7, 11) is 0. The summed E-state index contributed by atoms with van der Waals surface area (Å²) in [5.41, 5.74) is 18.1. The molecule has 0 atom stereocenters. The van der Waals surface area contributed by atoms with Gasteiger partial charge in [0.25, 0.3) is 0 Å². The highest BCUT2D eigenvalue weighted by Gasteiger charge is 2.46. The highest BCUT2D eigenvalue weighted by atomic mass is 32.1. The third kappa shape index (κ3) is 3.55. The third-order valence-electron chi connectivity index (χ3n) is 12.6. The SMILES string of the molecule is Cc1cc2c3c(c1)-n1c4ccccc4c4cccc(c41)B3N(c1cc3c(cc1C)C(C)(C)CCC3(C)C)c1ccc3c(sc4ccccc43)c1-2. The Morgan fingerprint density at radius 1 is 0.640 bits per heavy atom. The van der Waals surface area contributed by atoms with Crippen LogP contribution in [0.25, 0.3) is 58.8 Å². The van der Waals surface area contributed by atoms with Gasteiger partial charge in [0.05, 0.1) is 11.0 Å². The van der Waals surface area contributed by atoms with E-state index in [1.54, 1.807) is 0 Å². The lowest BCUT2D eigenvalue weighted by atomic mass is 9.43. The van der Waals surface area contributed by atoms with Gasteiger partial charge < -0.3 is 9.38 Å². The first-order valence-corrected chi connectivity index (χ1v) is 19.0. The van der Waals surface area contributed by atoms with Crippen molar-refractivity contribution in [3.63, 3.8) is 0 Å². The number of aromatic nitrogens is 1. The smallest absolute Gasteiger partial charge is 0.333 e. The first kappa shape index (κ1) is 29.0. The van der Waals surface area contributed by atoms with Crippen LogP contribution in [0.1, 0.15) is 62.8 Å². The van der Waals surface area contributed by atoms with E-state index in [1.165, 1.54) is 116 Å². The summed E-state index contributed by atoms with van der Waals surface area (Å²) in [6.45, 7) is 14.5. The molecule has 0 N–H and O–H groups in total. The number of hydrogen-bond acceptors (Lipinski definition) is 2. The van der Waals surface area contributed by atoms with E-state index in [1.807, 2.05) is 11.3 Å². The molecule has 0 amide bonds. The van der Waals surface area contributed by atoms with Crippen molar-refractivity contribution in [1.29, 1.82) is 0 Å². The maximum Gasteiger partial charge on any atom is 0.333 e. The van der Waals surface area contributed by atoms with Crippen molar-refractivity contribution >= 4 is 82.5 Å².